The first-order valence-corrected chi connectivity index (χ1v) is 7.13. The topological polar surface area (TPSA) is 55.0 Å². The molecule has 0 aliphatic rings. The zero-order valence-corrected chi connectivity index (χ0v) is 12.0. The largest absolute Gasteiger partial charge is 0.351 e. The van der Waals surface area contributed by atoms with Gasteiger partial charge in [0, 0.05) is 31.4 Å². The van der Waals surface area contributed by atoms with Crippen LogP contribution in [0.15, 0.2) is 42.7 Å². The van der Waals surface area contributed by atoms with Gasteiger partial charge < -0.3 is 10.6 Å². The summed E-state index contributed by atoms with van der Waals surface area (Å²) in [6, 6.07) is 12.5. The van der Waals surface area contributed by atoms with Gasteiger partial charge in [0.2, 0.25) is 0 Å². The lowest BCUT2D eigenvalue weighted by molar-refractivity contribution is 0.767. The van der Waals surface area contributed by atoms with Crippen LogP contribution in [-0.2, 0) is 13.0 Å². The molecule has 1 aromatic heterocycles. The maximum absolute atomic E-state index is 5.73. The summed E-state index contributed by atoms with van der Waals surface area (Å²) in [5, 5.41) is 0. The molecule has 0 aliphatic carbocycles. The average Bonchev–Trinajstić information content (AvgIpc) is 2.49. The second kappa shape index (κ2) is 7.60. The molecule has 0 amide bonds. The number of hydrogen-bond donors (Lipinski definition) is 1. The highest BCUT2D eigenvalue weighted by molar-refractivity contribution is 5.40. The van der Waals surface area contributed by atoms with Crippen molar-refractivity contribution in [2.45, 2.75) is 26.3 Å². The van der Waals surface area contributed by atoms with Crippen molar-refractivity contribution in [2.24, 2.45) is 5.73 Å². The number of benzene rings is 1. The van der Waals surface area contributed by atoms with Gasteiger partial charge in [-0.2, -0.15) is 0 Å². The normalized spacial score (nSPS) is 10.5. The van der Waals surface area contributed by atoms with E-state index in [1.165, 1.54) is 5.56 Å². The predicted molar refractivity (Wildman–Crippen MR) is 82.6 cm³/mol. The molecule has 1 aromatic carbocycles. The molecule has 4 nitrogen and oxygen atoms in total. The molecule has 0 atom stereocenters. The molecule has 1 heterocycles. The minimum Gasteiger partial charge on any atom is -0.351 e. The van der Waals surface area contributed by atoms with E-state index in [-0.39, 0.29) is 0 Å². The van der Waals surface area contributed by atoms with Crippen LogP contribution in [0.5, 0.6) is 0 Å². The van der Waals surface area contributed by atoms with Crippen LogP contribution >= 0.6 is 0 Å². The van der Waals surface area contributed by atoms with Gasteiger partial charge in [0.1, 0.15) is 12.1 Å². The van der Waals surface area contributed by atoms with E-state index in [4.69, 9.17) is 5.73 Å². The first-order chi connectivity index (χ1) is 9.83. The summed E-state index contributed by atoms with van der Waals surface area (Å²) >= 11 is 0. The molecule has 0 fully saturated rings. The number of nitrogens with two attached hydrogens (primary N) is 1. The van der Waals surface area contributed by atoms with Crippen molar-refractivity contribution < 1.29 is 0 Å². The molecule has 106 valence electrons. The van der Waals surface area contributed by atoms with E-state index in [1.807, 2.05) is 6.07 Å². The summed E-state index contributed by atoms with van der Waals surface area (Å²) in [5.41, 5.74) is 8.08. The molecular formula is C16H22N4. The molecule has 0 saturated heterocycles. The summed E-state index contributed by atoms with van der Waals surface area (Å²) in [5.74, 6) is 0.956. The fraction of sp³-hybridized carbons (Fsp3) is 0.375. The molecule has 0 unspecified atom stereocenters. The molecule has 4 heteroatoms. The summed E-state index contributed by atoms with van der Waals surface area (Å²) in [6.45, 7) is 4.38. The SMILES string of the molecule is CCCc1cc(N(CCN)Cc2ccccc2)ncn1. The summed E-state index contributed by atoms with van der Waals surface area (Å²) < 4.78 is 0. The van der Waals surface area contributed by atoms with Crippen molar-refractivity contribution >= 4 is 5.82 Å². The van der Waals surface area contributed by atoms with Gasteiger partial charge in [-0.25, -0.2) is 9.97 Å². The van der Waals surface area contributed by atoms with Crippen LogP contribution in [0.25, 0.3) is 0 Å². The zero-order chi connectivity index (χ0) is 14.2. The van der Waals surface area contributed by atoms with Crippen LogP contribution in [0.1, 0.15) is 24.6 Å². The van der Waals surface area contributed by atoms with E-state index in [9.17, 15) is 0 Å². The van der Waals surface area contributed by atoms with Gasteiger partial charge in [-0.05, 0) is 12.0 Å². The summed E-state index contributed by atoms with van der Waals surface area (Å²) in [4.78, 5) is 10.9. The molecule has 2 aromatic rings. The number of aromatic nitrogens is 2. The summed E-state index contributed by atoms with van der Waals surface area (Å²) in [6.07, 6.45) is 3.72. The second-order valence-corrected chi connectivity index (χ2v) is 4.81. The Morgan fingerprint density at radius 3 is 2.65 bits per heavy atom. The van der Waals surface area contributed by atoms with Crippen molar-refractivity contribution in [3.8, 4) is 0 Å². The molecule has 0 spiro atoms. The zero-order valence-electron chi connectivity index (χ0n) is 12.0. The first kappa shape index (κ1) is 14.5. The van der Waals surface area contributed by atoms with Gasteiger partial charge in [0.15, 0.2) is 0 Å². The Balaban J connectivity index is 2.17. The Kier molecular flexibility index (Phi) is 5.50. The fourth-order valence-electron chi connectivity index (χ4n) is 2.19. The second-order valence-electron chi connectivity index (χ2n) is 4.81. The maximum atomic E-state index is 5.73. The molecular weight excluding hydrogens is 248 g/mol. The Morgan fingerprint density at radius 1 is 1.15 bits per heavy atom. The van der Waals surface area contributed by atoms with Gasteiger partial charge in [-0.1, -0.05) is 43.7 Å². The lowest BCUT2D eigenvalue weighted by atomic mass is 10.2. The van der Waals surface area contributed by atoms with Gasteiger partial charge in [-0.3, -0.25) is 0 Å². The predicted octanol–water partition coefficient (Wildman–Crippen LogP) is 2.39. The van der Waals surface area contributed by atoms with Crippen molar-refractivity contribution in [3.05, 3.63) is 54.0 Å². The highest BCUT2D eigenvalue weighted by atomic mass is 15.2. The van der Waals surface area contributed by atoms with Crippen molar-refractivity contribution in [1.29, 1.82) is 0 Å². The number of rotatable bonds is 7. The first-order valence-electron chi connectivity index (χ1n) is 7.13. The molecule has 0 aliphatic heterocycles. The van der Waals surface area contributed by atoms with Crippen LogP contribution in [0.3, 0.4) is 0 Å². The highest BCUT2D eigenvalue weighted by Gasteiger charge is 2.09. The number of hydrogen-bond acceptors (Lipinski definition) is 4. The molecule has 0 saturated carbocycles. The van der Waals surface area contributed by atoms with E-state index < -0.39 is 0 Å². The van der Waals surface area contributed by atoms with Crippen LogP contribution in [-0.4, -0.2) is 23.1 Å². The number of nitrogens with zero attached hydrogens (tertiary/aromatic N) is 3. The van der Waals surface area contributed by atoms with Crippen LogP contribution < -0.4 is 10.6 Å². The van der Waals surface area contributed by atoms with Crippen LogP contribution in [0.2, 0.25) is 0 Å². The van der Waals surface area contributed by atoms with E-state index in [2.05, 4.69) is 52.1 Å². The third kappa shape index (κ3) is 4.03. The quantitative estimate of drug-likeness (QED) is 0.839. The highest BCUT2D eigenvalue weighted by Crippen LogP contribution is 2.15. The standard InChI is InChI=1S/C16H22N4/c1-2-6-15-11-16(19-13-18-15)20(10-9-17)12-14-7-4-3-5-8-14/h3-5,7-8,11,13H,2,6,9-10,12,17H2,1H3. The van der Waals surface area contributed by atoms with Crippen molar-refractivity contribution in [2.75, 3.05) is 18.0 Å². The van der Waals surface area contributed by atoms with E-state index in [0.29, 0.717) is 6.54 Å². The average molecular weight is 270 g/mol. The maximum Gasteiger partial charge on any atom is 0.132 e. The van der Waals surface area contributed by atoms with E-state index in [0.717, 1.165) is 37.4 Å². The number of aryl methyl sites for hydroxylation is 1. The molecule has 0 bridgehead atoms. The molecule has 0 radical (unpaired) electrons. The molecule has 2 N–H and O–H groups in total. The minimum atomic E-state index is 0.611. The van der Waals surface area contributed by atoms with Crippen molar-refractivity contribution in [3.63, 3.8) is 0 Å². The molecule has 20 heavy (non-hydrogen) atoms. The third-order valence-electron chi connectivity index (χ3n) is 3.15. The lowest BCUT2D eigenvalue weighted by Crippen LogP contribution is -2.29. The van der Waals surface area contributed by atoms with Crippen LogP contribution in [0, 0.1) is 0 Å². The lowest BCUT2D eigenvalue weighted by Gasteiger charge is -2.23. The fourth-order valence-corrected chi connectivity index (χ4v) is 2.19. The Morgan fingerprint density at radius 2 is 1.95 bits per heavy atom. The van der Waals surface area contributed by atoms with E-state index >= 15 is 0 Å². The monoisotopic (exact) mass is 270 g/mol. The molecule has 2 rings (SSSR count). The van der Waals surface area contributed by atoms with Gasteiger partial charge in [-0.15, -0.1) is 0 Å². The smallest absolute Gasteiger partial charge is 0.132 e. The van der Waals surface area contributed by atoms with Gasteiger partial charge >= 0.3 is 0 Å². The van der Waals surface area contributed by atoms with Gasteiger partial charge in [0.25, 0.3) is 0 Å². The van der Waals surface area contributed by atoms with Crippen molar-refractivity contribution in [1.82, 2.24) is 9.97 Å². The Labute approximate surface area is 120 Å². The van der Waals surface area contributed by atoms with Gasteiger partial charge in [0.05, 0.1) is 0 Å². The minimum absolute atomic E-state index is 0.611. The number of anilines is 1. The summed E-state index contributed by atoms with van der Waals surface area (Å²) in [7, 11) is 0. The van der Waals surface area contributed by atoms with Crippen LogP contribution in [0.4, 0.5) is 5.82 Å². The Bertz CT molecular complexity index is 513. The Hall–Kier alpha value is -1.94. The third-order valence-corrected chi connectivity index (χ3v) is 3.15. The van der Waals surface area contributed by atoms with E-state index in [1.54, 1.807) is 6.33 Å².